The first-order valence-corrected chi connectivity index (χ1v) is 7.32. The lowest BCUT2D eigenvalue weighted by atomic mass is 9.91. The lowest BCUT2D eigenvalue weighted by Crippen LogP contribution is -2.30. The fourth-order valence-electron chi connectivity index (χ4n) is 2.61. The SMILES string of the molecule is CN(C)CCN(C)CCc1nncc2c1CCCC2. The van der Waals surface area contributed by atoms with E-state index in [9.17, 15) is 0 Å². The molecule has 1 aliphatic carbocycles. The summed E-state index contributed by atoms with van der Waals surface area (Å²) in [6, 6.07) is 0. The molecule has 19 heavy (non-hydrogen) atoms. The summed E-state index contributed by atoms with van der Waals surface area (Å²) in [6.07, 6.45) is 7.99. The van der Waals surface area contributed by atoms with E-state index in [2.05, 4.69) is 41.1 Å². The number of aryl methyl sites for hydroxylation is 1. The van der Waals surface area contributed by atoms with Gasteiger partial charge in [-0.1, -0.05) is 0 Å². The third-order valence-corrected chi connectivity index (χ3v) is 3.91. The molecule has 0 unspecified atom stereocenters. The molecular weight excluding hydrogens is 236 g/mol. The Kier molecular flexibility index (Phi) is 5.28. The van der Waals surface area contributed by atoms with E-state index in [1.54, 1.807) is 0 Å². The van der Waals surface area contributed by atoms with Crippen molar-refractivity contribution in [3.63, 3.8) is 0 Å². The molecule has 1 aliphatic rings. The average molecular weight is 262 g/mol. The molecule has 0 bridgehead atoms. The third-order valence-electron chi connectivity index (χ3n) is 3.91. The maximum atomic E-state index is 4.37. The first-order chi connectivity index (χ1) is 9.16. The number of aromatic nitrogens is 2. The van der Waals surface area contributed by atoms with Gasteiger partial charge < -0.3 is 9.80 Å². The fourth-order valence-corrected chi connectivity index (χ4v) is 2.61. The second-order valence-corrected chi connectivity index (χ2v) is 5.86. The van der Waals surface area contributed by atoms with Crippen molar-refractivity contribution < 1.29 is 0 Å². The minimum Gasteiger partial charge on any atom is -0.308 e. The molecule has 1 heterocycles. The highest BCUT2D eigenvalue weighted by Crippen LogP contribution is 2.22. The van der Waals surface area contributed by atoms with E-state index < -0.39 is 0 Å². The molecule has 0 aromatic carbocycles. The van der Waals surface area contributed by atoms with E-state index >= 15 is 0 Å². The highest BCUT2D eigenvalue weighted by Gasteiger charge is 2.15. The maximum absolute atomic E-state index is 4.37. The molecule has 0 saturated carbocycles. The summed E-state index contributed by atoms with van der Waals surface area (Å²) in [6.45, 7) is 3.28. The van der Waals surface area contributed by atoms with Crippen LogP contribution in [0.1, 0.15) is 29.7 Å². The summed E-state index contributed by atoms with van der Waals surface area (Å²) in [4.78, 5) is 4.60. The van der Waals surface area contributed by atoms with Gasteiger partial charge in [-0.15, -0.1) is 0 Å². The number of rotatable bonds is 6. The van der Waals surface area contributed by atoms with Gasteiger partial charge in [-0.3, -0.25) is 0 Å². The predicted molar refractivity (Wildman–Crippen MR) is 78.4 cm³/mol. The van der Waals surface area contributed by atoms with Gasteiger partial charge in [0.2, 0.25) is 0 Å². The van der Waals surface area contributed by atoms with Crippen LogP contribution in [-0.2, 0) is 19.3 Å². The third kappa shape index (κ3) is 4.25. The van der Waals surface area contributed by atoms with Crippen molar-refractivity contribution in [3.05, 3.63) is 23.0 Å². The van der Waals surface area contributed by atoms with Crippen LogP contribution < -0.4 is 0 Å². The molecule has 0 amide bonds. The Hall–Kier alpha value is -1.00. The van der Waals surface area contributed by atoms with Crippen LogP contribution >= 0.6 is 0 Å². The summed E-state index contributed by atoms with van der Waals surface area (Å²) < 4.78 is 0. The molecule has 0 spiro atoms. The van der Waals surface area contributed by atoms with Crippen LogP contribution in [0.2, 0.25) is 0 Å². The molecule has 0 N–H and O–H groups in total. The summed E-state index contributed by atoms with van der Waals surface area (Å²) >= 11 is 0. The van der Waals surface area contributed by atoms with E-state index in [0.29, 0.717) is 0 Å². The minimum atomic E-state index is 1.03. The van der Waals surface area contributed by atoms with Crippen LogP contribution in [0.3, 0.4) is 0 Å². The van der Waals surface area contributed by atoms with E-state index in [4.69, 9.17) is 0 Å². The summed E-state index contributed by atoms with van der Waals surface area (Å²) in [5, 5.41) is 8.55. The van der Waals surface area contributed by atoms with Crippen LogP contribution in [0.25, 0.3) is 0 Å². The molecule has 4 nitrogen and oxygen atoms in total. The maximum Gasteiger partial charge on any atom is 0.0678 e. The standard InChI is InChI=1S/C15H26N4/c1-18(2)10-11-19(3)9-8-15-14-7-5-4-6-13(14)12-16-17-15/h12H,4-11H2,1-3H3. The molecule has 1 aromatic rings. The van der Waals surface area contributed by atoms with Crippen LogP contribution in [-0.4, -0.2) is 60.8 Å². The molecule has 0 atom stereocenters. The van der Waals surface area contributed by atoms with E-state index in [-0.39, 0.29) is 0 Å². The van der Waals surface area contributed by atoms with E-state index in [0.717, 1.165) is 26.1 Å². The number of nitrogens with zero attached hydrogens (tertiary/aromatic N) is 4. The monoisotopic (exact) mass is 262 g/mol. The van der Waals surface area contributed by atoms with Gasteiger partial charge in [0.15, 0.2) is 0 Å². The quantitative estimate of drug-likeness (QED) is 0.775. The van der Waals surface area contributed by atoms with Gasteiger partial charge in [-0.2, -0.15) is 10.2 Å². The zero-order chi connectivity index (χ0) is 13.7. The van der Waals surface area contributed by atoms with Crippen molar-refractivity contribution in [2.45, 2.75) is 32.1 Å². The molecule has 0 saturated heterocycles. The summed E-state index contributed by atoms with van der Waals surface area (Å²) in [7, 11) is 6.42. The Morgan fingerprint density at radius 2 is 1.84 bits per heavy atom. The molecule has 0 fully saturated rings. The van der Waals surface area contributed by atoms with Gasteiger partial charge in [-0.25, -0.2) is 0 Å². The van der Waals surface area contributed by atoms with Gasteiger partial charge in [0.1, 0.15) is 0 Å². The minimum absolute atomic E-state index is 1.03. The molecule has 2 rings (SSSR count). The molecule has 0 aliphatic heterocycles. The normalized spacial score (nSPS) is 15.0. The average Bonchev–Trinajstić information content (AvgIpc) is 2.42. The van der Waals surface area contributed by atoms with Gasteiger partial charge in [0.05, 0.1) is 11.9 Å². The smallest absolute Gasteiger partial charge is 0.0678 e. The van der Waals surface area contributed by atoms with Gasteiger partial charge >= 0.3 is 0 Å². The van der Waals surface area contributed by atoms with Crippen LogP contribution in [0, 0.1) is 0 Å². The molecule has 4 heteroatoms. The second kappa shape index (κ2) is 6.96. The van der Waals surface area contributed by atoms with Crippen molar-refractivity contribution in [2.75, 3.05) is 40.8 Å². The summed E-state index contributed by atoms with van der Waals surface area (Å²) in [5.74, 6) is 0. The number of likely N-dealkylation sites (N-methyl/N-ethyl adjacent to an activating group) is 2. The van der Waals surface area contributed by atoms with Crippen LogP contribution in [0.4, 0.5) is 0 Å². The first-order valence-electron chi connectivity index (χ1n) is 7.32. The molecular formula is C15H26N4. The predicted octanol–water partition coefficient (Wildman–Crippen LogP) is 1.39. The van der Waals surface area contributed by atoms with Crippen molar-refractivity contribution in [3.8, 4) is 0 Å². The number of hydrogen-bond donors (Lipinski definition) is 0. The highest BCUT2D eigenvalue weighted by molar-refractivity contribution is 5.30. The zero-order valence-electron chi connectivity index (χ0n) is 12.5. The Bertz CT molecular complexity index is 403. The Morgan fingerprint density at radius 3 is 2.63 bits per heavy atom. The lowest BCUT2D eigenvalue weighted by molar-refractivity contribution is 0.283. The zero-order valence-corrected chi connectivity index (χ0v) is 12.5. The molecule has 1 aromatic heterocycles. The van der Waals surface area contributed by atoms with Crippen molar-refractivity contribution in [1.29, 1.82) is 0 Å². The van der Waals surface area contributed by atoms with Gasteiger partial charge in [0, 0.05) is 26.1 Å². The van der Waals surface area contributed by atoms with E-state index in [1.807, 2.05) is 6.20 Å². The Balaban J connectivity index is 1.89. The fraction of sp³-hybridized carbons (Fsp3) is 0.733. The number of fused-ring (bicyclic) bond motifs is 1. The largest absolute Gasteiger partial charge is 0.308 e. The number of hydrogen-bond acceptors (Lipinski definition) is 4. The molecule has 106 valence electrons. The Labute approximate surface area is 116 Å². The van der Waals surface area contributed by atoms with Gasteiger partial charge in [0.25, 0.3) is 0 Å². The summed E-state index contributed by atoms with van der Waals surface area (Å²) in [5.41, 5.74) is 4.16. The molecule has 0 radical (unpaired) electrons. The first kappa shape index (κ1) is 14.4. The van der Waals surface area contributed by atoms with Crippen molar-refractivity contribution in [2.24, 2.45) is 0 Å². The van der Waals surface area contributed by atoms with Crippen LogP contribution in [0.15, 0.2) is 6.20 Å². The van der Waals surface area contributed by atoms with Crippen LogP contribution in [0.5, 0.6) is 0 Å². The second-order valence-electron chi connectivity index (χ2n) is 5.86. The van der Waals surface area contributed by atoms with Gasteiger partial charge in [-0.05, 0) is 58.0 Å². The highest BCUT2D eigenvalue weighted by atomic mass is 15.2. The van der Waals surface area contributed by atoms with Crippen molar-refractivity contribution in [1.82, 2.24) is 20.0 Å². The topological polar surface area (TPSA) is 32.3 Å². The van der Waals surface area contributed by atoms with E-state index in [1.165, 1.54) is 42.5 Å². The Morgan fingerprint density at radius 1 is 1.05 bits per heavy atom. The van der Waals surface area contributed by atoms with Crippen molar-refractivity contribution >= 4 is 0 Å². The lowest BCUT2D eigenvalue weighted by Gasteiger charge is -2.21.